The van der Waals surface area contributed by atoms with Crippen molar-refractivity contribution in [1.29, 1.82) is 0 Å². The van der Waals surface area contributed by atoms with Crippen LogP contribution in [0.25, 0.3) is 10.9 Å². The number of hydrogen-bond acceptors (Lipinski definition) is 6. The van der Waals surface area contributed by atoms with Gasteiger partial charge in [0.05, 0.1) is 18.8 Å². The molecule has 1 saturated carbocycles. The van der Waals surface area contributed by atoms with Gasteiger partial charge in [0.1, 0.15) is 17.6 Å². The number of benzene rings is 2. The number of fused-ring (bicyclic) bond motifs is 1. The fraction of sp³-hybridized carbons (Fsp3) is 0.333. The van der Waals surface area contributed by atoms with Gasteiger partial charge in [-0.15, -0.1) is 5.10 Å². The lowest BCUT2D eigenvalue weighted by Crippen LogP contribution is -2.35. The van der Waals surface area contributed by atoms with Crippen LogP contribution in [0, 0.1) is 5.82 Å². The minimum absolute atomic E-state index is 0.181. The standard InChI is InChI=1S/C30H31FN6O2/c1-2-20-11-14-27-22(16-20)17-26(30(38)32-27)28(29-33-34-35-37(29)24-6-3-4-7-24)36(19-25-8-5-15-39-25)18-21-9-12-23(31)13-10-21/h5,8-17,24,28H,2-4,6-7,18-19H2,1H3,(H,32,38). The molecule has 0 radical (unpaired) electrons. The summed E-state index contributed by atoms with van der Waals surface area (Å²) < 4.78 is 21.4. The van der Waals surface area contributed by atoms with Gasteiger partial charge in [-0.3, -0.25) is 9.69 Å². The van der Waals surface area contributed by atoms with E-state index in [4.69, 9.17) is 4.42 Å². The first-order chi connectivity index (χ1) is 19.1. The molecule has 9 heteroatoms. The lowest BCUT2D eigenvalue weighted by Gasteiger charge is -2.31. The number of furan rings is 1. The zero-order valence-corrected chi connectivity index (χ0v) is 21.9. The Hall–Kier alpha value is -4.11. The molecule has 1 aliphatic carbocycles. The smallest absolute Gasteiger partial charge is 0.253 e. The number of aromatic nitrogens is 5. The minimum atomic E-state index is -0.575. The van der Waals surface area contributed by atoms with Crippen molar-refractivity contribution in [3.63, 3.8) is 0 Å². The average molecular weight is 527 g/mol. The summed E-state index contributed by atoms with van der Waals surface area (Å²) in [6, 6.07) is 17.9. The van der Waals surface area contributed by atoms with Crippen molar-refractivity contribution >= 4 is 10.9 Å². The highest BCUT2D eigenvalue weighted by Gasteiger charge is 2.34. The highest BCUT2D eigenvalue weighted by atomic mass is 19.1. The molecule has 3 aromatic heterocycles. The number of halogens is 1. The number of tetrazole rings is 1. The molecule has 5 aromatic rings. The lowest BCUT2D eigenvalue weighted by molar-refractivity contribution is 0.176. The summed E-state index contributed by atoms with van der Waals surface area (Å²) in [5, 5.41) is 14.0. The number of rotatable bonds is 9. The second-order valence-corrected chi connectivity index (χ2v) is 10.3. The van der Waals surface area contributed by atoms with Gasteiger partial charge in [0.2, 0.25) is 0 Å². The van der Waals surface area contributed by atoms with Crippen molar-refractivity contribution in [3.05, 3.63) is 111 Å². The summed E-state index contributed by atoms with van der Waals surface area (Å²) in [7, 11) is 0. The normalized spacial score (nSPS) is 14.9. The number of H-pyrrole nitrogens is 1. The molecule has 0 amide bonds. The zero-order valence-electron chi connectivity index (χ0n) is 21.9. The van der Waals surface area contributed by atoms with Crippen molar-refractivity contribution in [2.75, 3.05) is 0 Å². The van der Waals surface area contributed by atoms with E-state index >= 15 is 0 Å². The molecular formula is C30H31FN6O2. The Morgan fingerprint density at radius 2 is 1.87 bits per heavy atom. The molecule has 1 unspecified atom stereocenters. The topological polar surface area (TPSA) is 92.8 Å². The fourth-order valence-corrected chi connectivity index (χ4v) is 5.65. The monoisotopic (exact) mass is 526 g/mol. The summed E-state index contributed by atoms with van der Waals surface area (Å²) in [5.41, 5.74) is 3.23. The Morgan fingerprint density at radius 1 is 1.08 bits per heavy atom. The van der Waals surface area contributed by atoms with Crippen LogP contribution in [-0.2, 0) is 19.5 Å². The van der Waals surface area contributed by atoms with Crippen LogP contribution in [0.5, 0.6) is 0 Å². The molecule has 1 N–H and O–H groups in total. The van der Waals surface area contributed by atoms with Crippen molar-refractivity contribution in [1.82, 2.24) is 30.1 Å². The van der Waals surface area contributed by atoms with Gasteiger partial charge in [0, 0.05) is 17.6 Å². The Morgan fingerprint density at radius 3 is 2.62 bits per heavy atom. The van der Waals surface area contributed by atoms with E-state index in [1.165, 1.54) is 17.7 Å². The summed E-state index contributed by atoms with van der Waals surface area (Å²) in [5.74, 6) is 1.07. The first kappa shape index (κ1) is 25.2. The molecule has 200 valence electrons. The molecule has 3 heterocycles. The maximum Gasteiger partial charge on any atom is 0.253 e. The molecule has 0 aliphatic heterocycles. The molecule has 0 bridgehead atoms. The number of aromatic amines is 1. The zero-order chi connectivity index (χ0) is 26.8. The summed E-state index contributed by atoms with van der Waals surface area (Å²) >= 11 is 0. The average Bonchev–Trinajstić information content (AvgIpc) is 3.73. The third-order valence-corrected chi connectivity index (χ3v) is 7.68. The van der Waals surface area contributed by atoms with Crippen LogP contribution in [0.15, 0.2) is 76.1 Å². The van der Waals surface area contributed by atoms with Crippen molar-refractivity contribution in [2.45, 2.75) is 64.2 Å². The quantitative estimate of drug-likeness (QED) is 0.264. The Labute approximate surface area is 225 Å². The third-order valence-electron chi connectivity index (χ3n) is 7.68. The van der Waals surface area contributed by atoms with E-state index < -0.39 is 6.04 Å². The van der Waals surface area contributed by atoms with E-state index in [2.05, 4.69) is 38.4 Å². The predicted molar refractivity (Wildman–Crippen MR) is 145 cm³/mol. The van der Waals surface area contributed by atoms with Gasteiger partial charge >= 0.3 is 0 Å². The van der Waals surface area contributed by atoms with Crippen molar-refractivity contribution < 1.29 is 8.81 Å². The molecule has 0 saturated heterocycles. The fourth-order valence-electron chi connectivity index (χ4n) is 5.65. The van der Waals surface area contributed by atoms with Gasteiger partial charge in [-0.1, -0.05) is 38.0 Å². The number of nitrogens with one attached hydrogen (secondary N) is 1. The van der Waals surface area contributed by atoms with Gasteiger partial charge in [0.15, 0.2) is 5.82 Å². The van der Waals surface area contributed by atoms with E-state index in [0.717, 1.165) is 54.3 Å². The van der Waals surface area contributed by atoms with E-state index in [-0.39, 0.29) is 17.4 Å². The molecular weight excluding hydrogens is 495 g/mol. The van der Waals surface area contributed by atoms with Crippen LogP contribution in [0.4, 0.5) is 4.39 Å². The molecule has 39 heavy (non-hydrogen) atoms. The SMILES string of the molecule is CCc1ccc2[nH]c(=O)c(C(c3nnnn3C3CCCC3)N(Cc3ccc(F)cc3)Cc3ccco3)cc2c1. The van der Waals surface area contributed by atoms with E-state index in [1.807, 2.05) is 35.0 Å². The van der Waals surface area contributed by atoms with Crippen LogP contribution >= 0.6 is 0 Å². The maximum atomic E-state index is 13.8. The second-order valence-electron chi connectivity index (χ2n) is 10.3. The molecule has 8 nitrogen and oxygen atoms in total. The van der Waals surface area contributed by atoms with E-state index in [9.17, 15) is 9.18 Å². The highest BCUT2D eigenvalue weighted by Crippen LogP contribution is 2.35. The van der Waals surface area contributed by atoms with Crippen molar-refractivity contribution in [2.24, 2.45) is 0 Å². The van der Waals surface area contributed by atoms with Crippen LogP contribution in [0.2, 0.25) is 0 Å². The first-order valence-electron chi connectivity index (χ1n) is 13.5. The summed E-state index contributed by atoms with van der Waals surface area (Å²) in [4.78, 5) is 18.9. The Kier molecular flexibility index (Phi) is 7.06. The molecule has 2 aromatic carbocycles. The molecule has 6 rings (SSSR count). The van der Waals surface area contributed by atoms with Crippen LogP contribution in [0.1, 0.15) is 73.0 Å². The number of nitrogens with zero attached hydrogens (tertiary/aromatic N) is 5. The molecule has 1 fully saturated rings. The largest absolute Gasteiger partial charge is 0.468 e. The molecule has 1 atom stereocenters. The maximum absolute atomic E-state index is 13.8. The lowest BCUT2D eigenvalue weighted by atomic mass is 10.0. The second kappa shape index (κ2) is 10.9. The van der Waals surface area contributed by atoms with Gasteiger partial charge in [-0.05, 0) is 88.7 Å². The molecule has 0 spiro atoms. The minimum Gasteiger partial charge on any atom is -0.468 e. The van der Waals surface area contributed by atoms with Crippen LogP contribution in [-0.4, -0.2) is 30.1 Å². The van der Waals surface area contributed by atoms with E-state index in [1.54, 1.807) is 18.4 Å². The number of pyridine rings is 1. The predicted octanol–water partition coefficient (Wildman–Crippen LogP) is 5.72. The Balaban J connectivity index is 1.53. The van der Waals surface area contributed by atoms with Gasteiger partial charge < -0.3 is 9.40 Å². The van der Waals surface area contributed by atoms with E-state index in [0.29, 0.717) is 24.5 Å². The summed E-state index contributed by atoms with van der Waals surface area (Å²) in [6.45, 7) is 2.94. The van der Waals surface area contributed by atoms with Crippen molar-refractivity contribution in [3.8, 4) is 0 Å². The van der Waals surface area contributed by atoms with Gasteiger partial charge in [-0.25, -0.2) is 9.07 Å². The molecule has 1 aliphatic rings. The third kappa shape index (κ3) is 5.27. The number of aryl methyl sites for hydroxylation is 1. The first-order valence-corrected chi connectivity index (χ1v) is 13.5. The highest BCUT2D eigenvalue weighted by molar-refractivity contribution is 5.80. The summed E-state index contributed by atoms with van der Waals surface area (Å²) in [6.07, 6.45) is 6.76. The van der Waals surface area contributed by atoms with Gasteiger partial charge in [-0.2, -0.15) is 0 Å². The van der Waals surface area contributed by atoms with Crippen LogP contribution in [0.3, 0.4) is 0 Å². The Bertz CT molecular complexity index is 1600. The van der Waals surface area contributed by atoms with Crippen LogP contribution < -0.4 is 5.56 Å². The van der Waals surface area contributed by atoms with Gasteiger partial charge in [0.25, 0.3) is 5.56 Å². The number of hydrogen-bond donors (Lipinski definition) is 1.